The van der Waals surface area contributed by atoms with E-state index in [9.17, 15) is 24.6 Å². The number of benzene rings is 4. The number of carbonyl (C=O) groups excluding carboxylic acids is 5. The summed E-state index contributed by atoms with van der Waals surface area (Å²) in [5.41, 5.74) is -5.68. The molecule has 1 heterocycles. The van der Waals surface area contributed by atoms with Gasteiger partial charge in [0.1, 0.15) is 35.3 Å². The fraction of sp³-hybridized carbons (Fsp3) is 0.456. The van der Waals surface area contributed by atoms with Gasteiger partial charge in [-0.2, -0.15) is 0 Å². The first-order valence-corrected chi connectivity index (χ1v) is 28.5. The van der Waals surface area contributed by atoms with Crippen LogP contribution in [0.3, 0.4) is 0 Å². The summed E-state index contributed by atoms with van der Waals surface area (Å²) in [7, 11) is -2.59. The highest BCUT2D eigenvalue weighted by Gasteiger charge is 2.78. The molecule has 11 atom stereocenters. The zero-order chi connectivity index (χ0) is 51.8. The molecule has 1 saturated heterocycles. The molecule has 3 fully saturated rings. The van der Waals surface area contributed by atoms with Gasteiger partial charge >= 0.3 is 17.9 Å². The molecule has 4 aromatic carbocycles. The molecule has 4 aliphatic rings. The lowest BCUT2D eigenvalue weighted by Crippen LogP contribution is -2.82. The Morgan fingerprint density at radius 3 is 1.92 bits per heavy atom. The predicted octanol–water partition coefficient (Wildman–Crippen LogP) is 8.99. The van der Waals surface area contributed by atoms with Gasteiger partial charge in [-0.05, 0) is 85.1 Å². The van der Waals surface area contributed by atoms with Crippen molar-refractivity contribution in [1.29, 1.82) is 0 Å². The van der Waals surface area contributed by atoms with E-state index in [1.165, 1.54) is 18.7 Å². The Balaban J connectivity index is 1.31. The fourth-order valence-electron chi connectivity index (χ4n) is 12.1. The largest absolute Gasteiger partial charge is 0.457 e. The van der Waals surface area contributed by atoms with Gasteiger partial charge in [0, 0.05) is 35.6 Å². The van der Waals surface area contributed by atoms with Crippen molar-refractivity contribution in [1.82, 2.24) is 5.32 Å². The van der Waals surface area contributed by atoms with Crippen LogP contribution in [0, 0.1) is 16.7 Å². The quantitative estimate of drug-likeness (QED) is 0.0318. The lowest BCUT2D eigenvalue weighted by atomic mass is 9.44. The van der Waals surface area contributed by atoms with Gasteiger partial charge in [0.05, 0.1) is 35.6 Å². The molecule has 3 aliphatic carbocycles. The Morgan fingerprint density at radius 1 is 0.819 bits per heavy atom. The van der Waals surface area contributed by atoms with Gasteiger partial charge in [-0.3, -0.25) is 19.2 Å². The molecular weight excluding hydrogens is 951 g/mol. The first kappa shape index (κ1) is 52.9. The molecule has 0 radical (unpaired) electrons. The Kier molecular flexibility index (Phi) is 15.3. The summed E-state index contributed by atoms with van der Waals surface area (Å²) in [6.07, 6.45) is -6.95. The summed E-state index contributed by atoms with van der Waals surface area (Å²) in [5.74, 6) is -4.74. The van der Waals surface area contributed by atoms with Crippen LogP contribution in [0.15, 0.2) is 137 Å². The monoisotopic (exact) mass is 1020 g/mol. The highest BCUT2D eigenvalue weighted by atomic mass is 32.2. The number of hydrogen-bond acceptors (Lipinski definition) is 13. The zero-order valence-corrected chi connectivity index (χ0v) is 44.1. The average molecular weight is 1020 g/mol. The number of Topliss-reactive ketones (excluding diaryl/α,β-unsaturated/α-hetero) is 1. The molecule has 0 aromatic heterocycles. The van der Waals surface area contributed by atoms with Gasteiger partial charge in [-0.25, -0.2) is 4.79 Å². The summed E-state index contributed by atoms with van der Waals surface area (Å²) in [6, 6.07) is 36.4. The highest BCUT2D eigenvalue weighted by Crippen LogP contribution is 2.65. The number of esters is 3. The molecule has 2 bridgehead atoms. The van der Waals surface area contributed by atoms with Crippen molar-refractivity contribution in [3.8, 4) is 0 Å². The van der Waals surface area contributed by atoms with E-state index >= 15 is 9.59 Å². The standard InChI is InChI=1S/C57H67NO12SSi/c1-9-72(10-2,11-3)70-42-32-43-56(34-66-43,69-36(5)59)48-50(68-52(63)39-28-20-14-21-29-39)57(65)33-41(35(4)44(54(57,6)7)46(60)49(61)55(42,48)8)67-53(64)47(71-40-30-22-15-23-31-40)45(37-24-16-12-17-25-37)58-51(62)38-26-18-13-19-27-38/h12-31,41-43,45-48,50,60,65H,9-11,32-34H2,1-8H3,(H,58,62)/t41-,42-,43+,45-,46+,47+,48?,50-,55+,56-,57+/m0/s1. The van der Waals surface area contributed by atoms with Crippen molar-refractivity contribution in [2.75, 3.05) is 6.61 Å². The summed E-state index contributed by atoms with van der Waals surface area (Å²) in [4.78, 5) is 74.4. The smallest absolute Gasteiger partial charge is 0.338 e. The maximum atomic E-state index is 16.1. The second-order valence-electron chi connectivity index (χ2n) is 20.5. The molecule has 1 unspecified atom stereocenters. The van der Waals surface area contributed by atoms with Crippen LogP contribution in [0.1, 0.15) is 101 Å². The minimum absolute atomic E-state index is 0.0981. The summed E-state index contributed by atoms with van der Waals surface area (Å²) >= 11 is 1.19. The molecule has 3 N–H and O–H groups in total. The topological polar surface area (TPSA) is 184 Å². The third kappa shape index (κ3) is 9.29. The fourth-order valence-corrected chi connectivity index (χ4v) is 16.2. The highest BCUT2D eigenvalue weighted by molar-refractivity contribution is 8.00. The molecule has 2 saturated carbocycles. The minimum atomic E-state index is -2.59. The Hall–Kier alpha value is -5.42. The van der Waals surface area contributed by atoms with E-state index in [0.717, 1.165) is 18.1 Å². The van der Waals surface area contributed by atoms with Crippen LogP contribution in [0.5, 0.6) is 0 Å². The normalized spacial score (nSPS) is 29.4. The van der Waals surface area contributed by atoms with Crippen molar-refractivity contribution in [3.05, 3.63) is 149 Å². The number of nitrogens with one attached hydrogen (secondary N) is 1. The Morgan fingerprint density at radius 2 is 1.38 bits per heavy atom. The second-order valence-corrected chi connectivity index (χ2v) is 26.4. The van der Waals surface area contributed by atoms with Gasteiger partial charge < -0.3 is 38.9 Å². The van der Waals surface area contributed by atoms with Crippen LogP contribution in [0.25, 0.3) is 0 Å². The number of fused-ring (bicyclic) bond motifs is 5. The lowest BCUT2D eigenvalue weighted by Gasteiger charge is -2.68. The van der Waals surface area contributed by atoms with Crippen molar-refractivity contribution in [2.45, 2.75) is 144 Å². The van der Waals surface area contributed by atoms with Crippen LogP contribution >= 0.6 is 11.8 Å². The average Bonchev–Trinajstić information content (AvgIpc) is 3.38. The van der Waals surface area contributed by atoms with Crippen LogP contribution in [0.2, 0.25) is 18.1 Å². The SMILES string of the molecule is CC[Si](CC)(CC)O[C@H]1C[C@H]2OC[C@@]2(OC(C)=O)C2[C@H](OC(=O)c3ccccc3)[C@]3(O)C[C@H](OC(=O)[C@H](Sc4ccccc4)[C@@H](NC(=O)c4ccccc4)c4ccccc4)C(C)=C([C@@H](O)C(=O)[C@@]21C)C3(C)C. The molecule has 8 rings (SSSR count). The van der Waals surface area contributed by atoms with Crippen LogP contribution in [-0.2, 0) is 37.8 Å². The van der Waals surface area contributed by atoms with Gasteiger partial charge in [0.2, 0.25) is 0 Å². The number of thioether (sulfide) groups is 1. The molecular formula is C57H67NO12SSi. The van der Waals surface area contributed by atoms with E-state index in [-0.39, 0.29) is 30.6 Å². The summed E-state index contributed by atoms with van der Waals surface area (Å²) in [5, 5.41) is 29.1. The first-order chi connectivity index (χ1) is 34.3. The first-order valence-electron chi connectivity index (χ1n) is 25.0. The number of ether oxygens (including phenoxy) is 4. The number of hydrogen-bond donors (Lipinski definition) is 3. The molecule has 382 valence electrons. The third-order valence-electron chi connectivity index (χ3n) is 16.5. The van der Waals surface area contributed by atoms with Crippen LogP contribution in [0.4, 0.5) is 0 Å². The van der Waals surface area contributed by atoms with Gasteiger partial charge in [-0.1, -0.05) is 120 Å². The van der Waals surface area contributed by atoms with E-state index < -0.39 is 108 Å². The number of aliphatic hydroxyl groups excluding tert-OH is 1. The number of aliphatic hydroxyl groups is 2. The Bertz CT molecular complexity index is 2660. The van der Waals surface area contributed by atoms with Gasteiger partial charge in [0.15, 0.2) is 19.7 Å². The maximum Gasteiger partial charge on any atom is 0.338 e. The number of rotatable bonds is 16. The third-order valence-corrected chi connectivity index (χ3v) is 22.4. The maximum absolute atomic E-state index is 16.1. The summed E-state index contributed by atoms with van der Waals surface area (Å²) < 4.78 is 33.3. The minimum Gasteiger partial charge on any atom is -0.457 e. The number of carbonyl (C=O) groups is 5. The van der Waals surface area contributed by atoms with Crippen LogP contribution < -0.4 is 5.32 Å². The number of ketones is 1. The van der Waals surface area contributed by atoms with Crippen LogP contribution in [-0.4, -0.2) is 102 Å². The van der Waals surface area contributed by atoms with E-state index in [4.69, 9.17) is 23.4 Å². The van der Waals surface area contributed by atoms with Gasteiger partial charge in [-0.15, -0.1) is 11.8 Å². The molecule has 4 aromatic rings. The summed E-state index contributed by atoms with van der Waals surface area (Å²) in [6.45, 7) is 14.0. The Labute approximate surface area is 427 Å². The van der Waals surface area contributed by atoms with Crippen molar-refractivity contribution in [3.63, 3.8) is 0 Å². The molecule has 15 heteroatoms. The molecule has 13 nitrogen and oxygen atoms in total. The predicted molar refractivity (Wildman–Crippen MR) is 274 cm³/mol. The molecule has 1 amide bonds. The van der Waals surface area contributed by atoms with E-state index in [2.05, 4.69) is 26.1 Å². The number of amides is 1. The molecule has 0 spiro atoms. The zero-order valence-electron chi connectivity index (χ0n) is 42.3. The van der Waals surface area contributed by atoms with Crippen molar-refractivity contribution >= 4 is 49.7 Å². The van der Waals surface area contributed by atoms with E-state index in [0.29, 0.717) is 21.6 Å². The molecule has 72 heavy (non-hydrogen) atoms. The van der Waals surface area contributed by atoms with E-state index in [1.807, 2.05) is 60.7 Å². The lowest BCUT2D eigenvalue weighted by molar-refractivity contribution is -0.344. The van der Waals surface area contributed by atoms with Gasteiger partial charge in [0.25, 0.3) is 5.91 Å². The van der Waals surface area contributed by atoms with E-state index in [1.54, 1.807) is 88.4 Å². The second kappa shape index (κ2) is 20.8. The van der Waals surface area contributed by atoms with Crippen molar-refractivity contribution < 1.29 is 57.6 Å². The van der Waals surface area contributed by atoms with Crippen molar-refractivity contribution in [2.24, 2.45) is 16.7 Å². The molecule has 1 aliphatic heterocycles.